The molecule has 0 saturated carbocycles. The monoisotopic (exact) mass is 146 g/mol. The molecule has 2 N–H and O–H groups in total. The Labute approximate surface area is 61.2 Å². The molecule has 1 saturated heterocycles. The molecule has 1 aliphatic rings. The fourth-order valence-electron chi connectivity index (χ4n) is 1.41. The molecule has 0 amide bonds. The number of nitrogens with zero attached hydrogens (tertiary/aromatic N) is 1. The molecule has 0 bridgehead atoms. The standard InChI is InChI=1S/C7H15FN2/c8-3-5-10-4-1-2-7(9)6-10/h7H,1-6,9H2/t7-/m0/s1. The zero-order valence-electron chi connectivity index (χ0n) is 6.22. The second-order valence-corrected chi connectivity index (χ2v) is 2.89. The molecule has 10 heavy (non-hydrogen) atoms. The minimum atomic E-state index is -0.243. The molecule has 1 aliphatic heterocycles. The largest absolute Gasteiger partial charge is 0.327 e. The Morgan fingerprint density at radius 3 is 3.00 bits per heavy atom. The highest BCUT2D eigenvalue weighted by Crippen LogP contribution is 2.06. The molecule has 2 nitrogen and oxygen atoms in total. The Kier molecular flexibility index (Phi) is 3.09. The zero-order valence-corrected chi connectivity index (χ0v) is 6.22. The van der Waals surface area contributed by atoms with E-state index < -0.39 is 0 Å². The van der Waals surface area contributed by atoms with Crippen molar-refractivity contribution in [1.82, 2.24) is 4.90 Å². The van der Waals surface area contributed by atoms with Crippen LogP contribution in [0.3, 0.4) is 0 Å². The van der Waals surface area contributed by atoms with E-state index in [-0.39, 0.29) is 12.7 Å². The van der Waals surface area contributed by atoms with Crippen LogP contribution in [-0.4, -0.2) is 37.3 Å². The molecular formula is C7H15FN2. The van der Waals surface area contributed by atoms with Gasteiger partial charge in [-0.05, 0) is 19.4 Å². The summed E-state index contributed by atoms with van der Waals surface area (Å²) in [5.74, 6) is 0. The maximum absolute atomic E-state index is 11.8. The molecule has 0 aliphatic carbocycles. The quantitative estimate of drug-likeness (QED) is 0.610. The third-order valence-corrected chi connectivity index (χ3v) is 1.94. The van der Waals surface area contributed by atoms with Crippen LogP contribution in [0, 0.1) is 0 Å². The van der Waals surface area contributed by atoms with E-state index in [1.54, 1.807) is 0 Å². The summed E-state index contributed by atoms with van der Waals surface area (Å²) in [6, 6.07) is 0.278. The van der Waals surface area contributed by atoms with Crippen LogP contribution in [-0.2, 0) is 0 Å². The summed E-state index contributed by atoms with van der Waals surface area (Å²) in [4.78, 5) is 2.09. The number of hydrogen-bond acceptors (Lipinski definition) is 2. The van der Waals surface area contributed by atoms with Gasteiger partial charge in [0.1, 0.15) is 6.67 Å². The lowest BCUT2D eigenvalue weighted by Crippen LogP contribution is -2.43. The molecule has 1 heterocycles. The van der Waals surface area contributed by atoms with E-state index in [1.807, 2.05) is 0 Å². The lowest BCUT2D eigenvalue weighted by Gasteiger charge is -2.29. The third kappa shape index (κ3) is 2.23. The van der Waals surface area contributed by atoms with Crippen LogP contribution in [0.15, 0.2) is 0 Å². The predicted molar refractivity (Wildman–Crippen MR) is 39.6 cm³/mol. The van der Waals surface area contributed by atoms with Gasteiger partial charge in [0.2, 0.25) is 0 Å². The second-order valence-electron chi connectivity index (χ2n) is 2.89. The average molecular weight is 146 g/mol. The van der Waals surface area contributed by atoms with Crippen LogP contribution < -0.4 is 5.73 Å². The first kappa shape index (κ1) is 7.95. The molecule has 1 fully saturated rings. The molecule has 0 aromatic carbocycles. The minimum Gasteiger partial charge on any atom is -0.327 e. The van der Waals surface area contributed by atoms with Crippen molar-refractivity contribution in [2.75, 3.05) is 26.3 Å². The van der Waals surface area contributed by atoms with Gasteiger partial charge in [0.25, 0.3) is 0 Å². The number of halogens is 1. The number of alkyl halides is 1. The van der Waals surface area contributed by atoms with Crippen molar-refractivity contribution < 1.29 is 4.39 Å². The van der Waals surface area contributed by atoms with Crippen molar-refractivity contribution in [3.8, 4) is 0 Å². The Hall–Kier alpha value is -0.150. The third-order valence-electron chi connectivity index (χ3n) is 1.94. The second kappa shape index (κ2) is 3.88. The highest BCUT2D eigenvalue weighted by Gasteiger charge is 2.15. The summed E-state index contributed by atoms with van der Waals surface area (Å²) in [5, 5.41) is 0. The Morgan fingerprint density at radius 1 is 1.60 bits per heavy atom. The van der Waals surface area contributed by atoms with Crippen LogP contribution in [0.4, 0.5) is 4.39 Å². The molecule has 0 spiro atoms. The molecule has 0 unspecified atom stereocenters. The summed E-state index contributed by atoms with van der Waals surface area (Å²) in [6.45, 7) is 2.22. The number of nitrogens with two attached hydrogens (primary N) is 1. The molecular weight excluding hydrogens is 131 g/mol. The maximum atomic E-state index is 11.8. The smallest absolute Gasteiger partial charge is 0.102 e. The highest BCUT2D eigenvalue weighted by atomic mass is 19.1. The van der Waals surface area contributed by atoms with Crippen molar-refractivity contribution in [2.45, 2.75) is 18.9 Å². The van der Waals surface area contributed by atoms with E-state index >= 15 is 0 Å². The minimum absolute atomic E-state index is 0.243. The predicted octanol–water partition coefficient (Wildman–Crippen LogP) is 0.379. The lowest BCUT2D eigenvalue weighted by atomic mass is 10.1. The van der Waals surface area contributed by atoms with E-state index in [9.17, 15) is 4.39 Å². The first-order chi connectivity index (χ1) is 4.83. The van der Waals surface area contributed by atoms with E-state index in [2.05, 4.69) is 4.90 Å². The van der Waals surface area contributed by atoms with Gasteiger partial charge in [-0.3, -0.25) is 4.90 Å². The van der Waals surface area contributed by atoms with Crippen LogP contribution in [0.2, 0.25) is 0 Å². The molecule has 0 aromatic rings. The van der Waals surface area contributed by atoms with E-state index in [0.29, 0.717) is 6.54 Å². The first-order valence-electron chi connectivity index (χ1n) is 3.87. The van der Waals surface area contributed by atoms with Gasteiger partial charge in [0, 0.05) is 19.1 Å². The topological polar surface area (TPSA) is 29.3 Å². The molecule has 0 aromatic heterocycles. The normalized spacial score (nSPS) is 28.8. The zero-order chi connectivity index (χ0) is 7.40. The van der Waals surface area contributed by atoms with Crippen molar-refractivity contribution in [3.63, 3.8) is 0 Å². The van der Waals surface area contributed by atoms with Crippen LogP contribution in [0.5, 0.6) is 0 Å². The SMILES string of the molecule is N[C@H]1CCCN(CCF)C1. The van der Waals surface area contributed by atoms with Crippen molar-refractivity contribution in [2.24, 2.45) is 5.73 Å². The van der Waals surface area contributed by atoms with Crippen molar-refractivity contribution >= 4 is 0 Å². The van der Waals surface area contributed by atoms with Gasteiger partial charge in [-0.2, -0.15) is 0 Å². The van der Waals surface area contributed by atoms with Crippen molar-refractivity contribution in [1.29, 1.82) is 0 Å². The lowest BCUT2D eigenvalue weighted by molar-refractivity contribution is 0.194. The van der Waals surface area contributed by atoms with Gasteiger partial charge < -0.3 is 5.73 Å². The molecule has 1 rings (SSSR count). The number of piperidine rings is 1. The van der Waals surface area contributed by atoms with Gasteiger partial charge in [-0.1, -0.05) is 0 Å². The van der Waals surface area contributed by atoms with Gasteiger partial charge in [0.05, 0.1) is 0 Å². The summed E-state index contributed by atoms with van der Waals surface area (Å²) >= 11 is 0. The molecule has 3 heteroatoms. The molecule has 0 radical (unpaired) electrons. The maximum Gasteiger partial charge on any atom is 0.102 e. The highest BCUT2D eigenvalue weighted by molar-refractivity contribution is 4.74. The van der Waals surface area contributed by atoms with Crippen molar-refractivity contribution in [3.05, 3.63) is 0 Å². The molecule has 60 valence electrons. The summed E-state index contributed by atoms with van der Waals surface area (Å²) in [5.41, 5.74) is 5.69. The summed E-state index contributed by atoms with van der Waals surface area (Å²) in [6.07, 6.45) is 2.23. The number of hydrogen-bond donors (Lipinski definition) is 1. The summed E-state index contributed by atoms with van der Waals surface area (Å²) in [7, 11) is 0. The van der Waals surface area contributed by atoms with Gasteiger partial charge in [-0.15, -0.1) is 0 Å². The Morgan fingerprint density at radius 2 is 2.40 bits per heavy atom. The van der Waals surface area contributed by atoms with Crippen LogP contribution in [0.1, 0.15) is 12.8 Å². The van der Waals surface area contributed by atoms with Gasteiger partial charge in [-0.25, -0.2) is 4.39 Å². The number of rotatable bonds is 2. The van der Waals surface area contributed by atoms with Crippen LogP contribution >= 0.6 is 0 Å². The Bertz CT molecular complexity index is 95.6. The fraction of sp³-hybridized carbons (Fsp3) is 1.00. The number of likely N-dealkylation sites (tertiary alicyclic amines) is 1. The van der Waals surface area contributed by atoms with Crippen LogP contribution in [0.25, 0.3) is 0 Å². The fourth-order valence-corrected chi connectivity index (χ4v) is 1.41. The first-order valence-corrected chi connectivity index (χ1v) is 3.87. The average Bonchev–Trinajstić information content (AvgIpc) is 1.88. The van der Waals surface area contributed by atoms with E-state index in [0.717, 1.165) is 25.9 Å². The van der Waals surface area contributed by atoms with Gasteiger partial charge >= 0.3 is 0 Å². The molecule has 1 atom stereocenters. The summed E-state index contributed by atoms with van der Waals surface area (Å²) < 4.78 is 11.8. The van der Waals surface area contributed by atoms with Gasteiger partial charge in [0.15, 0.2) is 0 Å². The van der Waals surface area contributed by atoms with E-state index in [1.165, 1.54) is 0 Å². The Balaban J connectivity index is 2.18. The van der Waals surface area contributed by atoms with E-state index in [4.69, 9.17) is 5.73 Å².